The number of sulfonamides is 1. The van der Waals surface area contributed by atoms with Gasteiger partial charge in [0.15, 0.2) is 0 Å². The zero-order valence-corrected chi connectivity index (χ0v) is 19.4. The van der Waals surface area contributed by atoms with Gasteiger partial charge < -0.3 is 19.5 Å². The van der Waals surface area contributed by atoms with Crippen molar-refractivity contribution < 1.29 is 41.0 Å². The highest BCUT2D eigenvalue weighted by molar-refractivity contribution is 7.89. The van der Waals surface area contributed by atoms with Crippen LogP contribution in [-0.4, -0.2) is 86.1 Å². The number of carbonyl (C=O) groups excluding carboxylic acids is 1. The summed E-state index contributed by atoms with van der Waals surface area (Å²) in [6.45, 7) is 3.14. The molecule has 2 heterocycles. The fraction of sp³-hybridized carbons (Fsp3) is 0.667. The number of morpholine rings is 1. The van der Waals surface area contributed by atoms with Crippen LogP contribution < -0.4 is 0 Å². The van der Waals surface area contributed by atoms with Gasteiger partial charge in [0.05, 0.1) is 23.7 Å². The quantitative estimate of drug-likeness (QED) is 0.676. The fourth-order valence-corrected chi connectivity index (χ4v) is 5.56. The molecule has 1 atom stereocenters. The molecule has 2 aliphatic rings. The Hall–Kier alpha value is -1.89. The van der Waals surface area contributed by atoms with Gasteiger partial charge in [0.2, 0.25) is 16.1 Å². The molecule has 1 N–H and O–H groups in total. The summed E-state index contributed by atoms with van der Waals surface area (Å²) < 4.78 is 76.5. The average Bonchev–Trinajstić information content (AvgIpc) is 2.77. The minimum Gasteiger partial charge on any atom is -0.434 e. The molecule has 0 aliphatic carbocycles. The monoisotopic (exact) mass is 494 g/mol. The SMILES string of the molecule is CC(C)c1cccc(S(=O)(=O)N2CCOC3(CCN(C(=O)O[C@H](CO)C(F)(F)F)CC3)C2)c1. The highest BCUT2D eigenvalue weighted by atomic mass is 32.2. The number of likely N-dealkylation sites (tertiary alicyclic amines) is 1. The van der Waals surface area contributed by atoms with Crippen LogP contribution in [0.5, 0.6) is 0 Å². The maximum atomic E-state index is 13.3. The lowest BCUT2D eigenvalue weighted by molar-refractivity contribution is -0.215. The Kier molecular flexibility index (Phi) is 7.62. The van der Waals surface area contributed by atoms with E-state index in [1.165, 1.54) is 4.31 Å². The van der Waals surface area contributed by atoms with Crippen molar-refractivity contribution >= 4 is 16.1 Å². The predicted octanol–water partition coefficient (Wildman–Crippen LogP) is 2.73. The molecule has 3 rings (SSSR count). The molecule has 1 aromatic rings. The van der Waals surface area contributed by atoms with Crippen LogP contribution in [0.25, 0.3) is 0 Å². The van der Waals surface area contributed by atoms with Crippen molar-refractivity contribution in [3.63, 3.8) is 0 Å². The first-order valence-electron chi connectivity index (χ1n) is 10.8. The summed E-state index contributed by atoms with van der Waals surface area (Å²) in [5.41, 5.74) is 0.0731. The van der Waals surface area contributed by atoms with E-state index in [1.54, 1.807) is 18.2 Å². The number of aliphatic hydroxyl groups is 1. The predicted molar refractivity (Wildman–Crippen MR) is 112 cm³/mol. The second-order valence-electron chi connectivity index (χ2n) is 8.68. The number of hydrogen-bond acceptors (Lipinski definition) is 6. The smallest absolute Gasteiger partial charge is 0.427 e. The Balaban J connectivity index is 1.66. The zero-order chi connectivity index (χ0) is 24.4. The van der Waals surface area contributed by atoms with Gasteiger partial charge in [-0.2, -0.15) is 17.5 Å². The van der Waals surface area contributed by atoms with Gasteiger partial charge in [0, 0.05) is 26.2 Å². The van der Waals surface area contributed by atoms with E-state index in [1.807, 2.05) is 19.9 Å². The summed E-state index contributed by atoms with van der Waals surface area (Å²) in [4.78, 5) is 13.4. The van der Waals surface area contributed by atoms with Crippen LogP contribution in [0.1, 0.15) is 38.2 Å². The van der Waals surface area contributed by atoms with Crippen molar-refractivity contribution in [1.82, 2.24) is 9.21 Å². The Morgan fingerprint density at radius 2 is 1.91 bits per heavy atom. The molecule has 33 heavy (non-hydrogen) atoms. The first-order valence-corrected chi connectivity index (χ1v) is 12.2. The maximum absolute atomic E-state index is 13.3. The van der Waals surface area contributed by atoms with Crippen molar-refractivity contribution in [3.05, 3.63) is 29.8 Å². The van der Waals surface area contributed by atoms with Gasteiger partial charge in [0.1, 0.15) is 0 Å². The highest BCUT2D eigenvalue weighted by Gasteiger charge is 2.46. The maximum Gasteiger partial charge on any atom is 0.427 e. The molecule has 0 saturated carbocycles. The fourth-order valence-electron chi connectivity index (χ4n) is 4.00. The molecule has 2 saturated heterocycles. The summed E-state index contributed by atoms with van der Waals surface area (Å²) in [7, 11) is -3.76. The van der Waals surface area contributed by atoms with Crippen molar-refractivity contribution in [2.75, 3.05) is 39.4 Å². The lowest BCUT2D eigenvalue weighted by Gasteiger charge is -2.46. The van der Waals surface area contributed by atoms with Gasteiger partial charge in [0.25, 0.3) is 0 Å². The number of benzene rings is 1. The van der Waals surface area contributed by atoms with Crippen LogP contribution in [0.3, 0.4) is 0 Å². The van der Waals surface area contributed by atoms with Crippen LogP contribution in [0, 0.1) is 0 Å². The molecule has 8 nitrogen and oxygen atoms in total. The number of rotatable bonds is 5. The van der Waals surface area contributed by atoms with Crippen molar-refractivity contribution in [2.45, 2.75) is 55.4 Å². The number of nitrogens with zero attached hydrogens (tertiary/aromatic N) is 2. The minimum absolute atomic E-state index is 0.0472. The van der Waals surface area contributed by atoms with Gasteiger partial charge in [-0.25, -0.2) is 13.2 Å². The van der Waals surface area contributed by atoms with Crippen LogP contribution >= 0.6 is 0 Å². The number of aliphatic hydroxyl groups excluding tert-OH is 1. The molecular weight excluding hydrogens is 465 g/mol. The average molecular weight is 495 g/mol. The first kappa shape index (κ1) is 25.7. The summed E-state index contributed by atoms with van der Waals surface area (Å²) >= 11 is 0. The van der Waals surface area contributed by atoms with Crippen LogP contribution in [0.15, 0.2) is 29.2 Å². The Morgan fingerprint density at radius 1 is 1.24 bits per heavy atom. The summed E-state index contributed by atoms with van der Waals surface area (Å²) in [6.07, 6.45) is -8.14. The Labute approximate surface area is 191 Å². The molecule has 1 spiro atoms. The molecule has 186 valence electrons. The molecule has 0 aromatic heterocycles. The van der Waals surface area contributed by atoms with Crippen LogP contribution in [-0.2, 0) is 19.5 Å². The van der Waals surface area contributed by atoms with E-state index in [-0.39, 0.29) is 56.4 Å². The molecule has 2 fully saturated rings. The Bertz CT molecular complexity index is 946. The number of halogens is 3. The third-order valence-electron chi connectivity index (χ3n) is 6.08. The number of hydrogen-bond donors (Lipinski definition) is 1. The summed E-state index contributed by atoms with van der Waals surface area (Å²) in [5, 5.41) is 8.86. The van der Waals surface area contributed by atoms with Crippen LogP contribution in [0.4, 0.5) is 18.0 Å². The van der Waals surface area contributed by atoms with Gasteiger partial charge >= 0.3 is 12.3 Å². The van der Waals surface area contributed by atoms with E-state index < -0.39 is 40.6 Å². The number of carbonyl (C=O) groups is 1. The third-order valence-corrected chi connectivity index (χ3v) is 7.92. The van der Waals surface area contributed by atoms with Gasteiger partial charge in [-0.3, -0.25) is 0 Å². The molecule has 0 radical (unpaired) electrons. The largest absolute Gasteiger partial charge is 0.434 e. The van der Waals surface area contributed by atoms with E-state index in [4.69, 9.17) is 9.84 Å². The minimum atomic E-state index is -4.87. The highest BCUT2D eigenvalue weighted by Crippen LogP contribution is 2.33. The second kappa shape index (κ2) is 9.77. The molecule has 12 heteroatoms. The van der Waals surface area contributed by atoms with E-state index in [0.717, 1.165) is 10.5 Å². The van der Waals surface area contributed by atoms with Crippen molar-refractivity contribution in [2.24, 2.45) is 0 Å². The Morgan fingerprint density at radius 3 is 2.48 bits per heavy atom. The zero-order valence-electron chi connectivity index (χ0n) is 18.5. The standard InChI is InChI=1S/C21H29F3N2O6S/c1-15(2)16-4-3-5-17(12-16)33(29,30)26-10-11-31-20(14-26)6-8-25(9-7-20)19(28)32-18(13-27)21(22,23)24/h3-5,12,15,18,27H,6-11,13-14H2,1-2H3/t18-/m1/s1. The molecule has 0 bridgehead atoms. The summed E-state index contributed by atoms with van der Waals surface area (Å²) in [6, 6.07) is 6.81. The topological polar surface area (TPSA) is 96.4 Å². The lowest BCUT2D eigenvalue weighted by Crippen LogP contribution is -2.58. The number of alkyl halides is 3. The van der Waals surface area contributed by atoms with Crippen molar-refractivity contribution in [1.29, 1.82) is 0 Å². The molecule has 1 aromatic carbocycles. The summed E-state index contributed by atoms with van der Waals surface area (Å²) in [5.74, 6) is 0.169. The normalized spacial score (nSPS) is 20.8. The molecule has 0 unspecified atom stereocenters. The van der Waals surface area contributed by atoms with E-state index in [0.29, 0.717) is 0 Å². The van der Waals surface area contributed by atoms with E-state index in [9.17, 15) is 26.4 Å². The second-order valence-corrected chi connectivity index (χ2v) is 10.6. The number of piperidine rings is 1. The van der Waals surface area contributed by atoms with Gasteiger partial charge in [-0.15, -0.1) is 0 Å². The molecular formula is C21H29F3N2O6S. The number of ether oxygens (including phenoxy) is 2. The molecule has 1 amide bonds. The van der Waals surface area contributed by atoms with Gasteiger partial charge in [-0.1, -0.05) is 26.0 Å². The number of amides is 1. The third kappa shape index (κ3) is 5.79. The van der Waals surface area contributed by atoms with Crippen LogP contribution in [0.2, 0.25) is 0 Å². The van der Waals surface area contributed by atoms with Crippen molar-refractivity contribution in [3.8, 4) is 0 Å². The first-order chi connectivity index (χ1) is 15.4. The van der Waals surface area contributed by atoms with E-state index in [2.05, 4.69) is 4.74 Å². The van der Waals surface area contributed by atoms with Gasteiger partial charge in [-0.05, 0) is 36.5 Å². The lowest BCUT2D eigenvalue weighted by atomic mass is 9.90. The van der Waals surface area contributed by atoms with E-state index >= 15 is 0 Å². The molecule has 2 aliphatic heterocycles.